The van der Waals surface area contributed by atoms with E-state index in [4.69, 9.17) is 19.5 Å². The normalized spacial score (nSPS) is 26.8. The molecule has 8 bridgehead atoms. The zero-order valence-corrected chi connectivity index (χ0v) is 31.7. The van der Waals surface area contributed by atoms with E-state index < -0.39 is 11.9 Å². The van der Waals surface area contributed by atoms with Crippen LogP contribution in [0.4, 0.5) is 0 Å². The Kier molecular flexibility index (Phi) is 12.6. The molecule has 268 valence electrons. The van der Waals surface area contributed by atoms with Crippen LogP contribution in [-0.4, -0.2) is 47.4 Å². The average molecular weight is 678 g/mol. The Morgan fingerprint density at radius 3 is 1.94 bits per heavy atom. The van der Waals surface area contributed by atoms with Gasteiger partial charge in [-0.15, -0.1) is 0 Å². The predicted molar refractivity (Wildman–Crippen MR) is 212 cm³/mol. The molecule has 6 heteroatoms. The summed E-state index contributed by atoms with van der Waals surface area (Å²) in [6, 6.07) is 4.12. The summed E-state index contributed by atoms with van der Waals surface area (Å²) < 4.78 is 23.2. The second-order valence-corrected chi connectivity index (χ2v) is 15.1. The molecule has 0 saturated heterocycles. The second kappa shape index (κ2) is 17.5. The number of nitrogens with one attached hydrogen (secondary N) is 2. The van der Waals surface area contributed by atoms with E-state index in [0.29, 0.717) is 25.0 Å². The third-order valence-electron chi connectivity index (χ3n) is 9.93. The molecule has 1 aromatic heterocycles. The Bertz CT molecular complexity index is 1810. The molecular formula is C44H60N4O2. The monoisotopic (exact) mass is 677 g/mol. The minimum absolute atomic E-state index is 0.273. The lowest BCUT2D eigenvalue weighted by atomic mass is 9.86. The quantitative estimate of drug-likeness (QED) is 0.172. The smallest absolute Gasteiger partial charge is 0.0878 e. The standard InChI is InChI=1S/C44H60N4O2/c1-30(2)11-9-13-32(5)21-23-49-34(7)42-29-44(35(8)50-24-22-33(6)14-10-12-31(3)4)28-41-20-19-39(47-41)26-37-16-15-36(45-37)25-38-17-18-40(46-38)27-43(42)48-44/h11-12,15-20,25-28,32-35,45,48H,9-10,13-14,21-24,29H2,1-8H3/b36-25-,37-26-,40-27-,41-28-/i29D. The van der Waals surface area contributed by atoms with Crippen molar-refractivity contribution in [3.63, 3.8) is 0 Å². The van der Waals surface area contributed by atoms with E-state index in [0.717, 1.165) is 83.3 Å². The van der Waals surface area contributed by atoms with Gasteiger partial charge in [0.2, 0.25) is 0 Å². The Morgan fingerprint density at radius 1 is 0.780 bits per heavy atom. The minimum Gasteiger partial charge on any atom is -0.376 e. The number of hydrogen-bond donors (Lipinski definition) is 2. The maximum Gasteiger partial charge on any atom is 0.0878 e. The second-order valence-electron chi connectivity index (χ2n) is 15.1. The molecular weight excluding hydrogens is 617 g/mol. The summed E-state index contributed by atoms with van der Waals surface area (Å²) >= 11 is 0. The van der Waals surface area contributed by atoms with Crippen LogP contribution in [-0.2, 0) is 9.47 Å². The van der Waals surface area contributed by atoms with E-state index in [1.54, 1.807) is 0 Å². The first kappa shape index (κ1) is 36.1. The molecule has 4 aliphatic heterocycles. The summed E-state index contributed by atoms with van der Waals surface area (Å²) in [6.07, 6.45) is 26.2. The van der Waals surface area contributed by atoms with Crippen LogP contribution in [0, 0.1) is 11.8 Å². The number of fused-ring (bicyclic) bond motifs is 6. The molecule has 0 aromatic carbocycles. The van der Waals surface area contributed by atoms with E-state index >= 15 is 0 Å². The van der Waals surface area contributed by atoms with Crippen molar-refractivity contribution in [3.8, 4) is 0 Å². The van der Waals surface area contributed by atoms with Crippen LogP contribution in [0.5, 0.6) is 0 Å². The molecule has 4 aliphatic rings. The van der Waals surface area contributed by atoms with Gasteiger partial charge in [0.25, 0.3) is 0 Å². The topological polar surface area (TPSA) is 71.0 Å². The summed E-state index contributed by atoms with van der Waals surface area (Å²) in [5, 5.41) is 5.80. The summed E-state index contributed by atoms with van der Waals surface area (Å²) in [6.45, 7) is 18.7. The number of allylic oxidation sites excluding steroid dienone is 9. The molecule has 0 amide bonds. The van der Waals surface area contributed by atoms with Gasteiger partial charge < -0.3 is 19.8 Å². The Hall–Kier alpha value is -3.74. The lowest BCUT2D eigenvalue weighted by Crippen LogP contribution is -2.49. The Labute approximate surface area is 302 Å². The van der Waals surface area contributed by atoms with Crippen molar-refractivity contribution in [3.05, 3.63) is 105 Å². The number of nitrogens with zero attached hydrogens (tertiary/aromatic N) is 2. The number of aromatic amines is 1. The lowest BCUT2D eigenvalue weighted by Gasteiger charge is -2.35. The van der Waals surface area contributed by atoms with Crippen molar-refractivity contribution < 1.29 is 10.8 Å². The molecule has 0 saturated carbocycles. The van der Waals surface area contributed by atoms with Crippen LogP contribution in [0.15, 0.2) is 105 Å². The Balaban J connectivity index is 1.46. The highest BCUT2D eigenvalue weighted by Crippen LogP contribution is 2.38. The van der Waals surface area contributed by atoms with Gasteiger partial charge in [0, 0.05) is 37.4 Å². The van der Waals surface area contributed by atoms with Crippen LogP contribution < -0.4 is 16.0 Å². The average Bonchev–Trinajstić information content (AvgIpc) is 3.86. The number of H-pyrrole nitrogens is 1. The highest BCUT2D eigenvalue weighted by Gasteiger charge is 2.43. The molecule has 2 N–H and O–H groups in total. The van der Waals surface area contributed by atoms with Crippen molar-refractivity contribution in [2.24, 2.45) is 21.8 Å². The third-order valence-corrected chi connectivity index (χ3v) is 9.93. The highest BCUT2D eigenvalue weighted by atomic mass is 16.5. The van der Waals surface area contributed by atoms with Crippen LogP contribution in [0.2, 0.25) is 0 Å². The van der Waals surface area contributed by atoms with Gasteiger partial charge in [0.1, 0.15) is 0 Å². The fraction of sp³-hybridized carbons (Fsp3) is 0.500. The van der Waals surface area contributed by atoms with Crippen LogP contribution in [0.25, 0.3) is 12.2 Å². The molecule has 5 rings (SSSR count). The van der Waals surface area contributed by atoms with E-state index in [-0.39, 0.29) is 12.2 Å². The van der Waals surface area contributed by atoms with Crippen molar-refractivity contribution in [1.29, 1.82) is 0 Å². The van der Waals surface area contributed by atoms with Gasteiger partial charge in [-0.1, -0.05) is 37.1 Å². The molecule has 5 heterocycles. The molecule has 0 fully saturated rings. The van der Waals surface area contributed by atoms with E-state index in [1.165, 1.54) is 11.1 Å². The molecule has 50 heavy (non-hydrogen) atoms. The first-order valence-electron chi connectivity index (χ1n) is 19.3. The maximum atomic E-state index is 9.98. The highest BCUT2D eigenvalue weighted by molar-refractivity contribution is 6.20. The van der Waals surface area contributed by atoms with Gasteiger partial charge in [0.15, 0.2) is 0 Å². The zero-order chi connectivity index (χ0) is 36.5. The number of ether oxygens (including phenoxy) is 2. The van der Waals surface area contributed by atoms with Gasteiger partial charge in [-0.25, -0.2) is 9.98 Å². The molecule has 0 radical (unpaired) electrons. The molecule has 6 nitrogen and oxygen atoms in total. The number of aromatic nitrogens is 1. The van der Waals surface area contributed by atoms with Gasteiger partial charge in [0.05, 0.1) is 40.6 Å². The number of rotatable bonds is 16. The van der Waals surface area contributed by atoms with Gasteiger partial charge in [-0.2, -0.15) is 0 Å². The molecule has 0 aliphatic carbocycles. The third kappa shape index (κ3) is 10.6. The zero-order valence-electron chi connectivity index (χ0n) is 32.7. The summed E-state index contributed by atoms with van der Waals surface area (Å²) in [7, 11) is 0. The molecule has 0 spiro atoms. The number of aliphatic imine (C=N–C) groups is 2. The predicted octanol–water partition coefficient (Wildman–Crippen LogP) is 8.72. The van der Waals surface area contributed by atoms with Crippen LogP contribution in [0.3, 0.4) is 0 Å². The first-order valence-corrected chi connectivity index (χ1v) is 18.7. The lowest BCUT2D eigenvalue weighted by molar-refractivity contribution is 0.0122. The van der Waals surface area contributed by atoms with E-state index in [9.17, 15) is 1.37 Å². The largest absolute Gasteiger partial charge is 0.376 e. The van der Waals surface area contributed by atoms with Crippen molar-refractivity contribution in [2.75, 3.05) is 13.2 Å². The minimum atomic E-state index is -0.876. The fourth-order valence-electron chi connectivity index (χ4n) is 6.69. The van der Waals surface area contributed by atoms with Gasteiger partial charge in [-0.05, 0) is 158 Å². The summed E-state index contributed by atoms with van der Waals surface area (Å²) in [4.78, 5) is 13.4. The molecule has 6 unspecified atom stereocenters. The number of hydrogen-bond acceptors (Lipinski definition) is 5. The fourth-order valence-corrected chi connectivity index (χ4v) is 6.69. The van der Waals surface area contributed by atoms with Crippen molar-refractivity contribution in [1.82, 2.24) is 10.3 Å². The first-order chi connectivity index (χ1) is 24.4. The SMILES string of the molecule is [2H]C1C(C(C)OCCC(C)CCC=C(C)C)=C2/C=C3/C=CC(=N3)/C=c3/cc/c([nH]3)=C/C3=NC(=C\C1(C(C)OCCC(C)CCC=C(C)C)N2)/C=C3. The van der Waals surface area contributed by atoms with E-state index in [1.807, 2.05) is 36.5 Å². The van der Waals surface area contributed by atoms with Crippen molar-refractivity contribution >= 4 is 23.6 Å². The maximum absolute atomic E-state index is 9.98. The van der Waals surface area contributed by atoms with Crippen LogP contribution in [0.1, 0.15) is 102 Å². The van der Waals surface area contributed by atoms with Gasteiger partial charge >= 0.3 is 0 Å². The van der Waals surface area contributed by atoms with Gasteiger partial charge in [-0.3, -0.25) is 0 Å². The van der Waals surface area contributed by atoms with E-state index in [2.05, 4.69) is 102 Å². The Morgan fingerprint density at radius 2 is 1.34 bits per heavy atom. The molecule has 6 atom stereocenters. The summed E-state index contributed by atoms with van der Waals surface area (Å²) in [5.41, 5.74) is 7.03. The molecule has 1 aromatic rings. The summed E-state index contributed by atoms with van der Waals surface area (Å²) in [5.74, 6) is 1.10. The van der Waals surface area contributed by atoms with Crippen LogP contribution >= 0.6 is 0 Å². The van der Waals surface area contributed by atoms with Crippen molar-refractivity contribution in [2.45, 2.75) is 118 Å².